The Kier molecular flexibility index (Phi) is 17.0. The Labute approximate surface area is 248 Å². The third-order valence-electron chi connectivity index (χ3n) is 9.73. The summed E-state index contributed by atoms with van der Waals surface area (Å²) < 4.78 is 23.3. The lowest BCUT2D eigenvalue weighted by atomic mass is 9.84. The van der Waals surface area contributed by atoms with Gasteiger partial charge in [0.25, 0.3) is 0 Å². The van der Waals surface area contributed by atoms with Crippen molar-refractivity contribution in [3.05, 3.63) is 0 Å². The maximum Gasteiger partial charge on any atom is 0.0628 e. The highest BCUT2D eigenvalue weighted by Crippen LogP contribution is 2.30. The normalized spacial score (nSPS) is 26.2. The van der Waals surface area contributed by atoms with E-state index in [1.54, 1.807) is 0 Å². The van der Waals surface area contributed by atoms with Gasteiger partial charge in [0.2, 0.25) is 0 Å². The highest BCUT2D eigenvalue weighted by Gasteiger charge is 2.33. The summed E-state index contributed by atoms with van der Waals surface area (Å²) in [4.78, 5) is 5.20. The fourth-order valence-corrected chi connectivity index (χ4v) is 6.17. The first kappa shape index (κ1) is 34.3. The summed E-state index contributed by atoms with van der Waals surface area (Å²) in [5, 5.41) is 0. The van der Waals surface area contributed by atoms with E-state index in [4.69, 9.17) is 18.9 Å². The summed E-state index contributed by atoms with van der Waals surface area (Å²) in [7, 11) is 0. The van der Waals surface area contributed by atoms with Crippen molar-refractivity contribution in [1.29, 1.82) is 0 Å². The van der Waals surface area contributed by atoms with Gasteiger partial charge in [0.15, 0.2) is 0 Å². The van der Waals surface area contributed by atoms with E-state index in [-0.39, 0.29) is 0 Å². The summed E-state index contributed by atoms with van der Waals surface area (Å²) in [6, 6.07) is 0. The van der Waals surface area contributed by atoms with E-state index in [9.17, 15) is 0 Å². The number of hydrogen-bond donors (Lipinski definition) is 0. The Morgan fingerprint density at radius 1 is 0.725 bits per heavy atom. The van der Waals surface area contributed by atoms with E-state index in [0.29, 0.717) is 24.4 Å². The smallest absolute Gasteiger partial charge is 0.0628 e. The van der Waals surface area contributed by atoms with E-state index in [1.807, 2.05) is 0 Å². The summed E-state index contributed by atoms with van der Waals surface area (Å²) in [5.74, 6) is 2.70. The second-order valence-corrected chi connectivity index (χ2v) is 13.6. The Balaban J connectivity index is 0.000000225. The van der Waals surface area contributed by atoms with Gasteiger partial charge >= 0.3 is 0 Å². The van der Waals surface area contributed by atoms with Gasteiger partial charge in [-0.05, 0) is 115 Å². The van der Waals surface area contributed by atoms with Crippen LogP contribution in [0.15, 0.2) is 0 Å². The van der Waals surface area contributed by atoms with Gasteiger partial charge in [0, 0.05) is 46.0 Å². The van der Waals surface area contributed by atoms with Crippen molar-refractivity contribution >= 4 is 0 Å². The van der Waals surface area contributed by atoms with Gasteiger partial charge in [0.05, 0.1) is 31.0 Å². The SMILES string of the molecule is CCC(C)OCCC1CCN(CC2CCC2)CC1.CCOCCN1CCC(OC2CC(OCCC(C)C)C2)CC1. The van der Waals surface area contributed by atoms with Gasteiger partial charge in [-0.15, -0.1) is 0 Å². The van der Waals surface area contributed by atoms with E-state index in [0.717, 1.165) is 83.1 Å². The van der Waals surface area contributed by atoms with Gasteiger partial charge in [-0.3, -0.25) is 0 Å². The molecule has 6 nitrogen and oxygen atoms in total. The Morgan fingerprint density at radius 3 is 2.02 bits per heavy atom. The first-order valence-corrected chi connectivity index (χ1v) is 17.4. The van der Waals surface area contributed by atoms with E-state index in [2.05, 4.69) is 44.4 Å². The molecule has 0 radical (unpaired) electrons. The minimum Gasteiger partial charge on any atom is -0.380 e. The van der Waals surface area contributed by atoms with Crippen LogP contribution < -0.4 is 0 Å². The van der Waals surface area contributed by atoms with Crippen LogP contribution in [0.2, 0.25) is 0 Å². The van der Waals surface area contributed by atoms with Crippen LogP contribution in [0.3, 0.4) is 0 Å². The van der Waals surface area contributed by atoms with Crippen molar-refractivity contribution in [2.24, 2.45) is 17.8 Å². The molecule has 4 fully saturated rings. The molecule has 236 valence electrons. The summed E-state index contributed by atoms with van der Waals surface area (Å²) in [6.07, 6.45) is 17.2. The molecule has 0 aromatic heterocycles. The van der Waals surface area contributed by atoms with Crippen molar-refractivity contribution in [2.75, 3.05) is 65.7 Å². The predicted molar refractivity (Wildman–Crippen MR) is 166 cm³/mol. The fraction of sp³-hybridized carbons (Fsp3) is 1.00. The predicted octanol–water partition coefficient (Wildman–Crippen LogP) is 6.80. The third kappa shape index (κ3) is 13.8. The zero-order chi connectivity index (χ0) is 28.6. The van der Waals surface area contributed by atoms with E-state index < -0.39 is 0 Å². The molecule has 4 rings (SSSR count). The van der Waals surface area contributed by atoms with Gasteiger partial charge in [0.1, 0.15) is 0 Å². The highest BCUT2D eigenvalue weighted by atomic mass is 16.5. The molecule has 0 bridgehead atoms. The second kappa shape index (κ2) is 19.9. The number of piperidine rings is 2. The molecule has 2 heterocycles. The maximum absolute atomic E-state index is 6.22. The van der Waals surface area contributed by atoms with Crippen molar-refractivity contribution < 1.29 is 18.9 Å². The topological polar surface area (TPSA) is 43.4 Å². The molecule has 40 heavy (non-hydrogen) atoms. The molecule has 2 aliphatic heterocycles. The molecule has 4 aliphatic rings. The van der Waals surface area contributed by atoms with Crippen molar-refractivity contribution in [3.8, 4) is 0 Å². The van der Waals surface area contributed by atoms with Crippen LogP contribution >= 0.6 is 0 Å². The first-order valence-electron chi connectivity index (χ1n) is 17.4. The average molecular weight is 567 g/mol. The van der Waals surface area contributed by atoms with Crippen LogP contribution in [0.25, 0.3) is 0 Å². The number of likely N-dealkylation sites (tertiary alicyclic amines) is 2. The molecule has 1 atom stereocenters. The lowest BCUT2D eigenvalue weighted by Crippen LogP contribution is -2.44. The molecule has 0 amide bonds. The monoisotopic (exact) mass is 567 g/mol. The molecule has 0 N–H and O–H groups in total. The lowest BCUT2D eigenvalue weighted by Gasteiger charge is -2.40. The molecular weight excluding hydrogens is 500 g/mol. The van der Waals surface area contributed by atoms with Crippen LogP contribution in [0.1, 0.15) is 112 Å². The molecule has 2 saturated heterocycles. The quantitative estimate of drug-likeness (QED) is 0.180. The molecule has 2 aliphatic carbocycles. The highest BCUT2D eigenvalue weighted by molar-refractivity contribution is 4.84. The van der Waals surface area contributed by atoms with Crippen molar-refractivity contribution in [1.82, 2.24) is 9.80 Å². The summed E-state index contributed by atoms with van der Waals surface area (Å²) in [5.41, 5.74) is 0. The van der Waals surface area contributed by atoms with Gasteiger partial charge in [-0.1, -0.05) is 27.2 Å². The minimum atomic E-state index is 0.448. The third-order valence-corrected chi connectivity index (χ3v) is 9.73. The molecular formula is C34H66N2O4. The molecule has 0 spiro atoms. The summed E-state index contributed by atoms with van der Waals surface area (Å²) >= 11 is 0. The average Bonchev–Trinajstić information content (AvgIpc) is 2.91. The van der Waals surface area contributed by atoms with Crippen LogP contribution in [-0.2, 0) is 18.9 Å². The van der Waals surface area contributed by atoms with Crippen LogP contribution in [0.5, 0.6) is 0 Å². The summed E-state index contributed by atoms with van der Waals surface area (Å²) in [6.45, 7) is 21.9. The number of nitrogens with zero attached hydrogens (tertiary/aromatic N) is 2. The molecule has 2 saturated carbocycles. The standard InChI is InChI=1S/C18H35NO3.C16H31NO/c1-4-20-12-10-19-8-5-16(6-9-19)22-18-13-17(14-18)21-11-7-15(2)3;1-3-14(2)18-12-9-15-7-10-17(11-8-15)13-16-5-4-6-16/h15-18H,4-14H2,1-3H3;14-16H,3-13H2,1-2H3. The fourth-order valence-electron chi connectivity index (χ4n) is 6.17. The Hall–Kier alpha value is -0.240. The largest absolute Gasteiger partial charge is 0.380 e. The van der Waals surface area contributed by atoms with E-state index in [1.165, 1.54) is 77.4 Å². The Bertz CT molecular complexity index is 609. The second-order valence-electron chi connectivity index (χ2n) is 13.6. The van der Waals surface area contributed by atoms with Crippen LogP contribution in [-0.4, -0.2) is 99.9 Å². The molecule has 1 unspecified atom stereocenters. The van der Waals surface area contributed by atoms with Gasteiger partial charge < -0.3 is 28.7 Å². The van der Waals surface area contributed by atoms with Gasteiger partial charge in [-0.2, -0.15) is 0 Å². The zero-order valence-electron chi connectivity index (χ0n) is 27.1. The first-order chi connectivity index (χ1) is 19.4. The van der Waals surface area contributed by atoms with Crippen LogP contribution in [0, 0.1) is 17.8 Å². The number of ether oxygens (including phenoxy) is 4. The minimum absolute atomic E-state index is 0.448. The Morgan fingerprint density at radius 2 is 1.43 bits per heavy atom. The van der Waals surface area contributed by atoms with Crippen molar-refractivity contribution in [3.63, 3.8) is 0 Å². The molecule has 0 aromatic rings. The lowest BCUT2D eigenvalue weighted by molar-refractivity contribution is -0.136. The van der Waals surface area contributed by atoms with Gasteiger partial charge in [-0.25, -0.2) is 0 Å². The number of hydrogen-bond acceptors (Lipinski definition) is 6. The zero-order valence-corrected chi connectivity index (χ0v) is 27.1. The number of rotatable bonds is 17. The molecule has 0 aromatic carbocycles. The van der Waals surface area contributed by atoms with Crippen molar-refractivity contribution in [2.45, 2.75) is 136 Å². The van der Waals surface area contributed by atoms with Crippen LogP contribution in [0.4, 0.5) is 0 Å². The molecule has 6 heteroatoms. The maximum atomic E-state index is 6.22. The van der Waals surface area contributed by atoms with E-state index >= 15 is 0 Å².